The van der Waals surface area contributed by atoms with E-state index in [-0.39, 0.29) is 6.04 Å². The van der Waals surface area contributed by atoms with Gasteiger partial charge in [-0.25, -0.2) is 24.2 Å². The number of carboxylic acids is 2. The van der Waals surface area contributed by atoms with E-state index in [2.05, 4.69) is 42.5 Å². The number of rotatable bonds is 4. The summed E-state index contributed by atoms with van der Waals surface area (Å²) in [4.78, 5) is 33.1. The molecule has 0 saturated carbocycles. The van der Waals surface area contributed by atoms with Gasteiger partial charge in [0.15, 0.2) is 0 Å². The van der Waals surface area contributed by atoms with Crippen molar-refractivity contribution >= 4 is 11.9 Å². The average molecular weight is 537 g/mol. The van der Waals surface area contributed by atoms with Crippen LogP contribution in [0, 0.1) is 0 Å². The van der Waals surface area contributed by atoms with Crippen molar-refractivity contribution in [2.75, 3.05) is 6.54 Å². The molecule has 1 aliphatic rings. The highest BCUT2D eigenvalue weighted by Gasteiger charge is 2.38. The van der Waals surface area contributed by atoms with Crippen LogP contribution in [-0.4, -0.2) is 75.2 Å². The number of imidazole rings is 1. The molecule has 202 valence electrons. The molecule has 0 saturated heterocycles. The number of carbonyl (C=O) groups is 2. The summed E-state index contributed by atoms with van der Waals surface area (Å²) in [5.74, 6) is -4.39. The largest absolute Gasteiger partial charge is 0.490 e. The molecule has 37 heavy (non-hydrogen) atoms. The van der Waals surface area contributed by atoms with Gasteiger partial charge < -0.3 is 14.8 Å². The first-order valence-corrected chi connectivity index (χ1v) is 10.3. The molecule has 1 unspecified atom stereocenters. The summed E-state index contributed by atoms with van der Waals surface area (Å²) in [6, 6.07) is 4.39. The van der Waals surface area contributed by atoms with Crippen LogP contribution in [0.3, 0.4) is 0 Å². The second kappa shape index (κ2) is 12.3. The molecule has 3 aromatic rings. The molecule has 0 aliphatic carbocycles. The number of halogens is 6. The molecule has 2 N–H and O–H groups in total. The molecule has 0 fully saturated rings. The zero-order valence-electron chi connectivity index (χ0n) is 19.1. The number of hydrogen-bond acceptors (Lipinski definition) is 7. The van der Waals surface area contributed by atoms with Crippen LogP contribution in [0.1, 0.15) is 30.0 Å². The third-order valence-corrected chi connectivity index (χ3v) is 4.89. The van der Waals surface area contributed by atoms with Gasteiger partial charge in [-0.1, -0.05) is 6.07 Å². The van der Waals surface area contributed by atoms with Gasteiger partial charge in [-0.3, -0.25) is 9.88 Å². The summed E-state index contributed by atoms with van der Waals surface area (Å²) in [7, 11) is 0. The highest BCUT2D eigenvalue weighted by atomic mass is 19.4. The van der Waals surface area contributed by atoms with E-state index in [4.69, 9.17) is 19.8 Å². The number of fused-ring (bicyclic) bond motifs is 1. The quantitative estimate of drug-likeness (QED) is 0.481. The van der Waals surface area contributed by atoms with Crippen molar-refractivity contribution in [3.63, 3.8) is 0 Å². The Morgan fingerprint density at radius 2 is 1.62 bits per heavy atom. The molecule has 11 nitrogen and oxygen atoms in total. The van der Waals surface area contributed by atoms with Crippen LogP contribution < -0.4 is 0 Å². The van der Waals surface area contributed by atoms with E-state index in [1.807, 2.05) is 29.3 Å². The van der Waals surface area contributed by atoms with Crippen molar-refractivity contribution in [3.8, 4) is 0 Å². The third kappa shape index (κ3) is 8.85. The van der Waals surface area contributed by atoms with Gasteiger partial charge in [-0.15, -0.1) is 0 Å². The summed E-state index contributed by atoms with van der Waals surface area (Å²) in [5, 5.41) is 18.4. The van der Waals surface area contributed by atoms with Gasteiger partial charge in [0.2, 0.25) is 0 Å². The number of aliphatic carboxylic acids is 2. The maximum absolute atomic E-state index is 10.6. The molecular formula is C20H21F6N7O4. The fourth-order valence-corrected chi connectivity index (χ4v) is 3.15. The number of nitrogens with zero attached hydrogens (tertiary/aromatic N) is 7. The lowest BCUT2D eigenvalue weighted by molar-refractivity contribution is -0.193. The Morgan fingerprint density at radius 1 is 1.00 bits per heavy atom. The van der Waals surface area contributed by atoms with Gasteiger partial charge in [-0.05, 0) is 18.6 Å². The molecule has 4 heterocycles. The van der Waals surface area contributed by atoms with Crippen LogP contribution >= 0.6 is 0 Å². The van der Waals surface area contributed by atoms with Crippen molar-refractivity contribution in [1.29, 1.82) is 0 Å². The molecule has 1 aliphatic heterocycles. The Kier molecular flexibility index (Phi) is 9.70. The number of alkyl halides is 6. The van der Waals surface area contributed by atoms with Crippen LogP contribution in [0.15, 0.2) is 43.4 Å². The molecule has 1 atom stereocenters. The lowest BCUT2D eigenvalue weighted by atomic mass is 10.1. The van der Waals surface area contributed by atoms with Crippen molar-refractivity contribution < 1.29 is 46.1 Å². The smallest absolute Gasteiger partial charge is 0.475 e. The minimum atomic E-state index is -5.08. The van der Waals surface area contributed by atoms with E-state index in [1.54, 1.807) is 12.7 Å². The van der Waals surface area contributed by atoms with Gasteiger partial charge >= 0.3 is 24.3 Å². The molecule has 3 aromatic heterocycles. The summed E-state index contributed by atoms with van der Waals surface area (Å²) in [6.07, 6.45) is -1.16. The number of hydrogen-bond donors (Lipinski definition) is 2. The predicted octanol–water partition coefficient (Wildman–Crippen LogP) is 2.76. The number of carboxylic acid groups (broad SMARTS) is 2. The Bertz CT molecular complexity index is 1130. The number of pyridine rings is 1. The van der Waals surface area contributed by atoms with Crippen LogP contribution in [-0.2, 0) is 29.2 Å². The monoisotopic (exact) mass is 537 g/mol. The zero-order valence-corrected chi connectivity index (χ0v) is 19.1. The maximum Gasteiger partial charge on any atom is 0.490 e. The van der Waals surface area contributed by atoms with Gasteiger partial charge in [0.05, 0.1) is 24.5 Å². The van der Waals surface area contributed by atoms with E-state index in [9.17, 15) is 26.3 Å². The topological polar surface area (TPSA) is 139 Å². The fourth-order valence-electron chi connectivity index (χ4n) is 3.15. The SMILES string of the molecule is CC1c2ncc(Cn3cncn3)n2CCN1Cc1cccnc1.O=C(O)C(F)(F)F.O=C(O)C(F)(F)F. The molecule has 0 amide bonds. The molecular weight excluding hydrogens is 516 g/mol. The fraction of sp³-hybridized carbons (Fsp3) is 0.400. The van der Waals surface area contributed by atoms with E-state index in [1.165, 1.54) is 11.3 Å². The summed E-state index contributed by atoms with van der Waals surface area (Å²) >= 11 is 0. The van der Waals surface area contributed by atoms with Crippen LogP contribution in [0.5, 0.6) is 0 Å². The lowest BCUT2D eigenvalue weighted by Crippen LogP contribution is -2.37. The van der Waals surface area contributed by atoms with E-state index >= 15 is 0 Å². The standard InChI is InChI=1S/C16H19N7.2C2HF3O2/c1-13-16-19-8-15(10-22-12-18-11-20-22)23(16)6-5-21(13)9-14-3-2-4-17-7-14;2*3-2(4,5)1(6)7/h2-4,7-8,11-13H,5-6,9-10H2,1H3;2*(H,6,7). The second-order valence-corrected chi connectivity index (χ2v) is 7.47. The van der Waals surface area contributed by atoms with Crippen molar-refractivity contribution in [1.82, 2.24) is 34.2 Å². The van der Waals surface area contributed by atoms with Crippen LogP contribution in [0.25, 0.3) is 0 Å². The van der Waals surface area contributed by atoms with Gasteiger partial charge in [0.25, 0.3) is 0 Å². The molecule has 0 aromatic carbocycles. The Labute approximate surface area is 205 Å². The summed E-state index contributed by atoms with van der Waals surface area (Å²) in [5.41, 5.74) is 2.42. The third-order valence-electron chi connectivity index (χ3n) is 4.89. The first-order valence-electron chi connectivity index (χ1n) is 10.3. The summed E-state index contributed by atoms with van der Waals surface area (Å²) in [6.45, 7) is 5.78. The predicted molar refractivity (Wildman–Crippen MR) is 112 cm³/mol. The maximum atomic E-state index is 10.6. The summed E-state index contributed by atoms with van der Waals surface area (Å²) < 4.78 is 67.6. The lowest BCUT2D eigenvalue weighted by Gasteiger charge is -2.34. The van der Waals surface area contributed by atoms with Gasteiger partial charge in [0.1, 0.15) is 18.5 Å². The number of aromatic nitrogens is 6. The minimum absolute atomic E-state index is 0.286. The Morgan fingerprint density at radius 3 is 2.11 bits per heavy atom. The van der Waals surface area contributed by atoms with Crippen molar-refractivity contribution in [2.45, 2.75) is 45.0 Å². The Balaban J connectivity index is 0.000000286. The van der Waals surface area contributed by atoms with E-state index in [0.717, 1.165) is 25.5 Å². The van der Waals surface area contributed by atoms with E-state index in [0.29, 0.717) is 6.54 Å². The first kappa shape index (κ1) is 29.2. The molecule has 0 radical (unpaired) electrons. The highest BCUT2D eigenvalue weighted by Crippen LogP contribution is 2.27. The van der Waals surface area contributed by atoms with Crippen molar-refractivity contribution in [3.05, 3.63) is 60.5 Å². The van der Waals surface area contributed by atoms with Crippen LogP contribution in [0.4, 0.5) is 26.3 Å². The Hall–Kier alpha value is -4.02. The minimum Gasteiger partial charge on any atom is -0.475 e. The first-order chi connectivity index (χ1) is 17.2. The molecule has 17 heteroatoms. The average Bonchev–Trinajstić information content (AvgIpc) is 3.47. The zero-order chi connectivity index (χ0) is 27.8. The second-order valence-electron chi connectivity index (χ2n) is 7.47. The molecule has 0 bridgehead atoms. The highest BCUT2D eigenvalue weighted by molar-refractivity contribution is 5.73. The van der Waals surface area contributed by atoms with E-state index < -0.39 is 24.3 Å². The normalized spacial score (nSPS) is 15.5. The van der Waals surface area contributed by atoms with Crippen molar-refractivity contribution in [2.24, 2.45) is 0 Å². The van der Waals surface area contributed by atoms with Gasteiger partial charge in [0, 0.05) is 32.0 Å². The van der Waals surface area contributed by atoms with Crippen LogP contribution in [0.2, 0.25) is 0 Å². The molecule has 0 spiro atoms. The van der Waals surface area contributed by atoms with Gasteiger partial charge in [-0.2, -0.15) is 31.4 Å². The molecule has 4 rings (SSSR count).